The van der Waals surface area contributed by atoms with Crippen LogP contribution in [0.25, 0.3) is 0 Å². The van der Waals surface area contributed by atoms with Crippen LogP contribution in [0.2, 0.25) is 10.0 Å². The minimum atomic E-state index is -0.294. The smallest absolute Gasteiger partial charge is 0.319 e. The van der Waals surface area contributed by atoms with E-state index in [-0.39, 0.29) is 12.1 Å². The number of benzene rings is 1. The van der Waals surface area contributed by atoms with Gasteiger partial charge in [-0.2, -0.15) is 0 Å². The number of hydrogen-bond donors (Lipinski definition) is 2. The van der Waals surface area contributed by atoms with Crippen LogP contribution in [0.15, 0.2) is 18.2 Å². The maximum absolute atomic E-state index is 11.7. The van der Waals surface area contributed by atoms with Crippen molar-refractivity contribution in [2.75, 3.05) is 19.0 Å². The van der Waals surface area contributed by atoms with Gasteiger partial charge in [0.05, 0.1) is 22.7 Å². The zero-order valence-corrected chi connectivity index (χ0v) is 11.8. The Morgan fingerprint density at radius 2 is 2.11 bits per heavy atom. The average molecular weight is 291 g/mol. The second-order valence-electron chi connectivity index (χ2n) is 3.79. The van der Waals surface area contributed by atoms with Gasteiger partial charge in [-0.3, -0.25) is 0 Å². The maximum atomic E-state index is 11.7. The Hall–Kier alpha value is -0.970. The highest BCUT2D eigenvalue weighted by Gasteiger charge is 2.10. The predicted molar refractivity (Wildman–Crippen MR) is 74.6 cm³/mol. The van der Waals surface area contributed by atoms with E-state index in [2.05, 4.69) is 10.6 Å². The summed E-state index contributed by atoms with van der Waals surface area (Å²) in [7, 11) is 1.60. The number of rotatable bonds is 5. The summed E-state index contributed by atoms with van der Waals surface area (Å²) in [6.45, 7) is 2.45. The summed E-state index contributed by atoms with van der Waals surface area (Å²) >= 11 is 11.6. The molecule has 0 fully saturated rings. The molecule has 18 heavy (non-hydrogen) atoms. The molecule has 0 aliphatic rings. The van der Waals surface area contributed by atoms with Crippen molar-refractivity contribution in [3.63, 3.8) is 0 Å². The summed E-state index contributed by atoms with van der Waals surface area (Å²) < 4.78 is 5.00. The zero-order valence-electron chi connectivity index (χ0n) is 10.3. The molecule has 4 nitrogen and oxygen atoms in total. The SMILES string of the molecule is CC[C@H](COC)NC(=O)Nc1ccc(Cl)c(Cl)c1. The Balaban J connectivity index is 2.55. The van der Waals surface area contributed by atoms with Crippen LogP contribution < -0.4 is 10.6 Å². The summed E-state index contributed by atoms with van der Waals surface area (Å²) in [5.41, 5.74) is 0.592. The lowest BCUT2D eigenvalue weighted by Crippen LogP contribution is -2.40. The van der Waals surface area contributed by atoms with Crippen molar-refractivity contribution in [3.8, 4) is 0 Å². The molecule has 0 bridgehead atoms. The van der Waals surface area contributed by atoms with Gasteiger partial charge >= 0.3 is 6.03 Å². The number of methoxy groups -OCH3 is 1. The fraction of sp³-hybridized carbons (Fsp3) is 0.417. The van der Waals surface area contributed by atoms with E-state index in [1.165, 1.54) is 0 Å². The molecule has 0 heterocycles. The lowest BCUT2D eigenvalue weighted by Gasteiger charge is -2.16. The number of urea groups is 1. The molecule has 0 radical (unpaired) electrons. The second-order valence-corrected chi connectivity index (χ2v) is 4.60. The summed E-state index contributed by atoms with van der Waals surface area (Å²) in [6.07, 6.45) is 0.794. The number of ether oxygens (including phenoxy) is 1. The van der Waals surface area contributed by atoms with Crippen LogP contribution in [0, 0.1) is 0 Å². The highest BCUT2D eigenvalue weighted by molar-refractivity contribution is 6.42. The molecule has 0 aliphatic carbocycles. The van der Waals surface area contributed by atoms with Crippen LogP contribution in [0.3, 0.4) is 0 Å². The molecule has 0 unspecified atom stereocenters. The molecular weight excluding hydrogens is 275 g/mol. The molecule has 1 rings (SSSR count). The summed E-state index contributed by atoms with van der Waals surface area (Å²) in [5.74, 6) is 0. The van der Waals surface area contributed by atoms with E-state index in [4.69, 9.17) is 27.9 Å². The van der Waals surface area contributed by atoms with Gasteiger partial charge < -0.3 is 15.4 Å². The lowest BCUT2D eigenvalue weighted by molar-refractivity contribution is 0.165. The number of nitrogens with one attached hydrogen (secondary N) is 2. The van der Waals surface area contributed by atoms with E-state index < -0.39 is 0 Å². The standard InChI is InChI=1S/C12H16Cl2N2O2/c1-3-8(7-18-2)15-12(17)16-9-4-5-10(13)11(14)6-9/h4-6,8H,3,7H2,1-2H3,(H2,15,16,17)/t8-/m1/s1. The molecule has 0 saturated carbocycles. The number of anilines is 1. The van der Waals surface area contributed by atoms with Crippen molar-refractivity contribution >= 4 is 34.9 Å². The third kappa shape index (κ3) is 4.72. The molecule has 0 saturated heterocycles. The minimum Gasteiger partial charge on any atom is -0.383 e. The van der Waals surface area contributed by atoms with Gasteiger partial charge in [0, 0.05) is 12.8 Å². The normalized spacial score (nSPS) is 12.0. The van der Waals surface area contributed by atoms with Gasteiger partial charge in [0.25, 0.3) is 0 Å². The molecule has 1 aromatic rings. The van der Waals surface area contributed by atoms with Gasteiger partial charge in [-0.1, -0.05) is 30.1 Å². The first-order valence-electron chi connectivity index (χ1n) is 5.58. The summed E-state index contributed by atoms with van der Waals surface area (Å²) in [4.78, 5) is 11.7. The first kappa shape index (κ1) is 15.1. The number of carbonyl (C=O) groups excluding carboxylic acids is 1. The quantitative estimate of drug-likeness (QED) is 0.871. The van der Waals surface area contributed by atoms with Crippen molar-refractivity contribution in [1.82, 2.24) is 5.32 Å². The first-order chi connectivity index (χ1) is 8.56. The minimum absolute atomic E-state index is 0.0160. The maximum Gasteiger partial charge on any atom is 0.319 e. The zero-order chi connectivity index (χ0) is 13.5. The molecule has 6 heteroatoms. The summed E-state index contributed by atoms with van der Waals surface area (Å²) in [6, 6.07) is 4.60. The third-order valence-corrected chi connectivity index (χ3v) is 3.11. The number of amides is 2. The van der Waals surface area contributed by atoms with Gasteiger partial charge in [0.1, 0.15) is 0 Å². The lowest BCUT2D eigenvalue weighted by atomic mass is 10.2. The van der Waals surface area contributed by atoms with Crippen molar-refractivity contribution < 1.29 is 9.53 Å². The first-order valence-corrected chi connectivity index (χ1v) is 6.34. The number of hydrogen-bond acceptors (Lipinski definition) is 2. The van der Waals surface area contributed by atoms with Crippen LogP contribution in [0.4, 0.5) is 10.5 Å². The molecule has 0 aliphatic heterocycles. The summed E-state index contributed by atoms with van der Waals surface area (Å²) in [5, 5.41) is 6.34. The van der Waals surface area contributed by atoms with Crippen molar-refractivity contribution in [1.29, 1.82) is 0 Å². The highest BCUT2D eigenvalue weighted by atomic mass is 35.5. The van der Waals surface area contributed by atoms with E-state index in [1.54, 1.807) is 25.3 Å². The van der Waals surface area contributed by atoms with Crippen molar-refractivity contribution in [2.45, 2.75) is 19.4 Å². The van der Waals surface area contributed by atoms with Gasteiger partial charge in [0.2, 0.25) is 0 Å². The Morgan fingerprint density at radius 1 is 1.39 bits per heavy atom. The van der Waals surface area contributed by atoms with E-state index in [0.717, 1.165) is 6.42 Å². The fourth-order valence-electron chi connectivity index (χ4n) is 1.39. The Kier molecular flexibility index (Phi) is 6.25. The molecule has 1 atom stereocenters. The van der Waals surface area contributed by atoms with Gasteiger partial charge in [-0.05, 0) is 24.6 Å². The number of carbonyl (C=O) groups is 1. The third-order valence-electron chi connectivity index (χ3n) is 2.37. The van der Waals surface area contributed by atoms with Crippen molar-refractivity contribution in [2.24, 2.45) is 0 Å². The van der Waals surface area contributed by atoms with Gasteiger partial charge in [-0.15, -0.1) is 0 Å². The van der Waals surface area contributed by atoms with Crippen LogP contribution in [0.1, 0.15) is 13.3 Å². The highest BCUT2D eigenvalue weighted by Crippen LogP contribution is 2.24. The second kappa shape index (κ2) is 7.46. The van der Waals surface area contributed by atoms with Crippen LogP contribution in [-0.2, 0) is 4.74 Å². The molecule has 2 amide bonds. The Labute approximate surface area is 117 Å². The molecule has 0 aromatic heterocycles. The topological polar surface area (TPSA) is 50.4 Å². The fourth-order valence-corrected chi connectivity index (χ4v) is 1.69. The van der Waals surface area contributed by atoms with Crippen molar-refractivity contribution in [3.05, 3.63) is 28.2 Å². The largest absolute Gasteiger partial charge is 0.383 e. The van der Waals surface area contributed by atoms with Gasteiger partial charge in [0.15, 0.2) is 0 Å². The molecule has 2 N–H and O–H groups in total. The van der Waals surface area contributed by atoms with Crippen LogP contribution >= 0.6 is 23.2 Å². The van der Waals surface area contributed by atoms with E-state index in [0.29, 0.717) is 22.3 Å². The molecule has 0 spiro atoms. The molecule has 100 valence electrons. The molecule has 1 aromatic carbocycles. The van der Waals surface area contributed by atoms with Crippen LogP contribution in [0.5, 0.6) is 0 Å². The monoisotopic (exact) mass is 290 g/mol. The number of halogens is 2. The Morgan fingerprint density at radius 3 is 2.67 bits per heavy atom. The van der Waals surface area contributed by atoms with E-state index >= 15 is 0 Å². The predicted octanol–water partition coefficient (Wildman–Crippen LogP) is 3.54. The molecular formula is C12H16Cl2N2O2. The Bertz CT molecular complexity index is 413. The van der Waals surface area contributed by atoms with Gasteiger partial charge in [-0.25, -0.2) is 4.79 Å². The van der Waals surface area contributed by atoms with E-state index in [1.807, 2.05) is 6.92 Å². The van der Waals surface area contributed by atoms with E-state index in [9.17, 15) is 4.79 Å². The average Bonchev–Trinajstić information content (AvgIpc) is 2.33. The van der Waals surface area contributed by atoms with Crippen LogP contribution in [-0.4, -0.2) is 25.8 Å².